The lowest BCUT2D eigenvalue weighted by atomic mass is 9.47. The zero-order valence-corrected chi connectivity index (χ0v) is 25.8. The monoisotopic (exact) mass is 532 g/mol. The third-order valence-corrected chi connectivity index (χ3v) is 12.3. The molecule has 2 nitrogen and oxygen atoms in total. The Bertz CT molecular complexity index is 804. The Balaban J connectivity index is 1.38. The largest absolute Gasteiger partial charge is 0.461 e. The molecule has 3 heteroatoms. The van der Waals surface area contributed by atoms with Crippen LogP contribution in [0.2, 0.25) is 0 Å². The molecule has 0 radical (unpaired) electrons. The van der Waals surface area contributed by atoms with Crippen molar-refractivity contribution in [1.82, 2.24) is 0 Å². The SMILES string of the molecule is CCCCC[C@H](Cl)C(=O)O[C@@H]1CC[C@@]2(C)C(=CC[C@H]3[C@@H]4CC[C@H]([C@@H](C)CCCC(C)C)[C@@]4(C)CC[C@@H]32)C1. The number of fused-ring (bicyclic) bond motifs is 5. The Kier molecular flexibility index (Phi) is 9.84. The number of ether oxygens (including phenoxy) is 1. The van der Waals surface area contributed by atoms with Crippen molar-refractivity contribution in [1.29, 1.82) is 0 Å². The number of esters is 1. The molecule has 0 aliphatic heterocycles. The second-order valence-electron chi connectivity index (χ2n) is 14.6. The molecule has 0 saturated heterocycles. The predicted octanol–water partition coefficient (Wildman–Crippen LogP) is 10.1. The number of unbranched alkanes of at least 4 members (excludes halogenated alkanes) is 2. The van der Waals surface area contributed by atoms with Gasteiger partial charge in [-0.3, -0.25) is 4.79 Å². The summed E-state index contributed by atoms with van der Waals surface area (Å²) in [6.45, 7) is 14.7. The van der Waals surface area contributed by atoms with Gasteiger partial charge in [-0.1, -0.05) is 91.7 Å². The number of carbonyl (C=O) groups is 1. The maximum Gasteiger partial charge on any atom is 0.324 e. The van der Waals surface area contributed by atoms with Gasteiger partial charge >= 0.3 is 5.97 Å². The van der Waals surface area contributed by atoms with Crippen molar-refractivity contribution >= 4 is 17.6 Å². The summed E-state index contributed by atoms with van der Waals surface area (Å²) in [6, 6.07) is 0. The van der Waals surface area contributed by atoms with Gasteiger partial charge in [-0.25, -0.2) is 0 Å². The molecule has 4 rings (SSSR count). The molecule has 0 unspecified atom stereocenters. The minimum Gasteiger partial charge on any atom is -0.461 e. The summed E-state index contributed by atoms with van der Waals surface area (Å²) in [5.74, 6) is 4.99. The van der Waals surface area contributed by atoms with Crippen LogP contribution in [0.5, 0.6) is 0 Å². The molecule has 0 N–H and O–H groups in total. The van der Waals surface area contributed by atoms with E-state index in [1.807, 2.05) is 0 Å². The lowest BCUT2D eigenvalue weighted by Gasteiger charge is -2.58. The van der Waals surface area contributed by atoms with Crippen LogP contribution in [0.15, 0.2) is 11.6 Å². The Hall–Kier alpha value is -0.500. The topological polar surface area (TPSA) is 26.3 Å². The summed E-state index contributed by atoms with van der Waals surface area (Å²) in [4.78, 5) is 12.6. The molecular weight excluding hydrogens is 476 g/mol. The first-order chi connectivity index (χ1) is 17.6. The van der Waals surface area contributed by atoms with Crippen LogP contribution >= 0.6 is 11.6 Å². The fourth-order valence-electron chi connectivity index (χ4n) is 9.68. The van der Waals surface area contributed by atoms with E-state index in [1.165, 1.54) is 57.8 Å². The van der Waals surface area contributed by atoms with Crippen LogP contribution < -0.4 is 0 Å². The Morgan fingerprint density at radius 1 is 1.00 bits per heavy atom. The lowest BCUT2D eigenvalue weighted by molar-refractivity contribution is -0.151. The van der Waals surface area contributed by atoms with Gasteiger partial charge in [0.05, 0.1) is 0 Å². The highest BCUT2D eigenvalue weighted by molar-refractivity contribution is 6.29. The molecule has 4 aliphatic carbocycles. The van der Waals surface area contributed by atoms with Gasteiger partial charge in [0.2, 0.25) is 0 Å². The highest BCUT2D eigenvalue weighted by Crippen LogP contribution is 2.67. The zero-order valence-electron chi connectivity index (χ0n) is 25.0. The normalized spacial score (nSPS) is 38.8. The van der Waals surface area contributed by atoms with Gasteiger partial charge in [0, 0.05) is 6.42 Å². The average Bonchev–Trinajstić information content (AvgIpc) is 3.21. The summed E-state index contributed by atoms with van der Waals surface area (Å²) in [6.07, 6.45) is 20.9. The molecule has 3 fully saturated rings. The van der Waals surface area contributed by atoms with E-state index in [-0.39, 0.29) is 12.1 Å². The van der Waals surface area contributed by atoms with E-state index in [9.17, 15) is 4.79 Å². The van der Waals surface area contributed by atoms with Gasteiger partial charge in [0.25, 0.3) is 0 Å². The van der Waals surface area contributed by atoms with Gasteiger partial charge < -0.3 is 4.74 Å². The van der Waals surface area contributed by atoms with Crippen molar-refractivity contribution in [3.05, 3.63) is 11.6 Å². The minimum atomic E-state index is -0.483. The number of rotatable bonds is 11. The van der Waals surface area contributed by atoms with Gasteiger partial charge in [-0.15, -0.1) is 11.6 Å². The molecule has 4 aliphatic rings. The van der Waals surface area contributed by atoms with Crippen LogP contribution in [-0.4, -0.2) is 17.5 Å². The summed E-state index contributed by atoms with van der Waals surface area (Å²) >= 11 is 6.39. The number of hydrogen-bond donors (Lipinski definition) is 0. The fourth-order valence-corrected chi connectivity index (χ4v) is 9.89. The van der Waals surface area contributed by atoms with Crippen molar-refractivity contribution in [2.75, 3.05) is 0 Å². The smallest absolute Gasteiger partial charge is 0.324 e. The molecule has 0 bridgehead atoms. The molecular formula is C34H57ClO2. The van der Waals surface area contributed by atoms with Crippen LogP contribution in [0, 0.1) is 46.3 Å². The van der Waals surface area contributed by atoms with Crippen LogP contribution in [0.25, 0.3) is 0 Å². The molecule has 9 atom stereocenters. The molecule has 37 heavy (non-hydrogen) atoms. The van der Waals surface area contributed by atoms with Gasteiger partial charge in [-0.05, 0) is 97.7 Å². The summed E-state index contributed by atoms with van der Waals surface area (Å²) in [7, 11) is 0. The summed E-state index contributed by atoms with van der Waals surface area (Å²) in [5.41, 5.74) is 2.44. The quantitative estimate of drug-likeness (QED) is 0.114. The number of allylic oxidation sites excluding steroid dienone is 1. The van der Waals surface area contributed by atoms with Crippen molar-refractivity contribution in [3.63, 3.8) is 0 Å². The van der Waals surface area contributed by atoms with Crippen molar-refractivity contribution in [2.24, 2.45) is 46.3 Å². The number of carbonyl (C=O) groups excluding carboxylic acids is 1. The third-order valence-electron chi connectivity index (χ3n) is 11.9. The first kappa shape index (κ1) is 29.5. The minimum absolute atomic E-state index is 0.0206. The van der Waals surface area contributed by atoms with Crippen LogP contribution in [-0.2, 0) is 9.53 Å². The number of hydrogen-bond acceptors (Lipinski definition) is 2. The average molecular weight is 533 g/mol. The van der Waals surface area contributed by atoms with E-state index in [0.717, 1.165) is 74.0 Å². The van der Waals surface area contributed by atoms with Gasteiger partial charge in [0.1, 0.15) is 11.5 Å². The molecule has 0 aromatic heterocycles. The zero-order chi connectivity index (χ0) is 26.8. The van der Waals surface area contributed by atoms with E-state index in [4.69, 9.17) is 16.3 Å². The van der Waals surface area contributed by atoms with Crippen LogP contribution in [0.1, 0.15) is 138 Å². The molecule has 0 spiro atoms. The molecule has 0 heterocycles. The molecule has 3 saturated carbocycles. The van der Waals surface area contributed by atoms with Crippen molar-refractivity contribution < 1.29 is 9.53 Å². The first-order valence-corrected chi connectivity index (χ1v) is 16.6. The maximum absolute atomic E-state index is 12.6. The fraction of sp³-hybridized carbons (Fsp3) is 0.912. The Labute approximate surface area is 234 Å². The molecule has 0 aromatic carbocycles. The summed E-state index contributed by atoms with van der Waals surface area (Å²) < 4.78 is 5.97. The predicted molar refractivity (Wildman–Crippen MR) is 157 cm³/mol. The van der Waals surface area contributed by atoms with Gasteiger partial charge in [0.15, 0.2) is 0 Å². The van der Waals surface area contributed by atoms with E-state index < -0.39 is 5.38 Å². The number of halogens is 1. The lowest BCUT2D eigenvalue weighted by Crippen LogP contribution is -2.51. The Morgan fingerprint density at radius 3 is 2.51 bits per heavy atom. The van der Waals surface area contributed by atoms with Crippen LogP contribution in [0.4, 0.5) is 0 Å². The Morgan fingerprint density at radius 2 is 1.78 bits per heavy atom. The van der Waals surface area contributed by atoms with E-state index in [0.29, 0.717) is 10.8 Å². The molecule has 0 aromatic rings. The second-order valence-corrected chi connectivity index (χ2v) is 15.1. The van der Waals surface area contributed by atoms with Crippen LogP contribution in [0.3, 0.4) is 0 Å². The molecule has 212 valence electrons. The highest BCUT2D eigenvalue weighted by Gasteiger charge is 2.59. The van der Waals surface area contributed by atoms with E-state index in [1.54, 1.807) is 5.57 Å². The summed E-state index contributed by atoms with van der Waals surface area (Å²) in [5, 5.41) is -0.483. The second kappa shape index (κ2) is 12.3. The first-order valence-electron chi connectivity index (χ1n) is 16.1. The van der Waals surface area contributed by atoms with Gasteiger partial charge in [-0.2, -0.15) is 0 Å². The third kappa shape index (κ3) is 6.15. The molecule has 0 amide bonds. The highest BCUT2D eigenvalue weighted by atomic mass is 35.5. The van der Waals surface area contributed by atoms with Crippen molar-refractivity contribution in [3.8, 4) is 0 Å². The number of alkyl halides is 1. The van der Waals surface area contributed by atoms with Crippen molar-refractivity contribution in [2.45, 2.75) is 149 Å². The standard InChI is InChI=1S/C34H57ClO2/c1-7-8-9-13-31(35)32(36)37-26-18-20-33(5)25(22-26)14-15-27-29-17-16-28(24(4)12-10-11-23(2)3)34(29,6)21-19-30(27)33/h14,23-24,26-31H,7-13,15-22H2,1-6H3/t24-,26+,27-,28+,29-,30-,31-,33-,34+/m0/s1. The maximum atomic E-state index is 12.6. The van der Waals surface area contributed by atoms with E-state index in [2.05, 4.69) is 47.6 Å². The van der Waals surface area contributed by atoms with E-state index >= 15 is 0 Å².